The second kappa shape index (κ2) is 5.27. The van der Waals surface area contributed by atoms with Crippen LogP contribution in [-0.2, 0) is 9.59 Å². The van der Waals surface area contributed by atoms with Crippen molar-refractivity contribution >= 4 is 28.4 Å². The first-order valence-electron chi connectivity index (χ1n) is 6.90. The Kier molecular flexibility index (Phi) is 3.40. The van der Waals surface area contributed by atoms with E-state index < -0.39 is 22.4 Å². The van der Waals surface area contributed by atoms with Gasteiger partial charge < -0.3 is 0 Å². The monoisotopic (exact) mass is 316 g/mol. The second-order valence-electron chi connectivity index (χ2n) is 5.23. The zero-order chi connectivity index (χ0) is 16.7. The molecule has 9 nitrogen and oxygen atoms in total. The summed E-state index contributed by atoms with van der Waals surface area (Å²) in [5.74, 6) is -0.773. The number of benzene rings is 1. The molecule has 0 spiro atoms. The van der Waals surface area contributed by atoms with Crippen molar-refractivity contribution in [2.75, 3.05) is 0 Å². The third kappa shape index (κ3) is 2.35. The summed E-state index contributed by atoms with van der Waals surface area (Å²) in [6.07, 6.45) is 0.308. The average Bonchev–Trinajstić information content (AvgIpc) is 2.48. The number of aryl methyl sites for hydroxylation is 1. The van der Waals surface area contributed by atoms with Gasteiger partial charge in [0.15, 0.2) is 5.52 Å². The maximum Gasteiger partial charge on any atom is 0.295 e. The third-order valence-electron chi connectivity index (χ3n) is 3.80. The maximum atomic E-state index is 12.7. The Morgan fingerprint density at radius 1 is 1.35 bits per heavy atom. The van der Waals surface area contributed by atoms with Gasteiger partial charge in [-0.25, -0.2) is 4.98 Å². The zero-order valence-electron chi connectivity index (χ0n) is 12.1. The van der Waals surface area contributed by atoms with Gasteiger partial charge in [0.05, 0.1) is 10.3 Å². The quantitative estimate of drug-likeness (QED) is 0.491. The van der Waals surface area contributed by atoms with Gasteiger partial charge in [0.1, 0.15) is 11.9 Å². The predicted molar refractivity (Wildman–Crippen MR) is 78.8 cm³/mol. The van der Waals surface area contributed by atoms with Crippen LogP contribution in [0.1, 0.15) is 24.7 Å². The molecule has 1 fully saturated rings. The highest BCUT2D eigenvalue weighted by Gasteiger charge is 2.31. The Bertz CT molecular complexity index is 917. The maximum absolute atomic E-state index is 12.7. The number of aromatic nitrogens is 2. The van der Waals surface area contributed by atoms with Gasteiger partial charge in [0.25, 0.3) is 11.2 Å². The first-order valence-corrected chi connectivity index (χ1v) is 6.90. The van der Waals surface area contributed by atoms with Gasteiger partial charge in [-0.15, -0.1) is 0 Å². The van der Waals surface area contributed by atoms with Gasteiger partial charge in [0, 0.05) is 12.5 Å². The Morgan fingerprint density at radius 2 is 2.09 bits per heavy atom. The number of nitrogens with zero attached hydrogens (tertiary/aromatic N) is 3. The summed E-state index contributed by atoms with van der Waals surface area (Å²) in [4.78, 5) is 50.5. The van der Waals surface area contributed by atoms with Gasteiger partial charge in [-0.05, 0) is 19.4 Å². The molecule has 1 N–H and O–H groups in total. The second-order valence-corrected chi connectivity index (χ2v) is 5.23. The van der Waals surface area contributed by atoms with E-state index in [1.54, 1.807) is 0 Å². The van der Waals surface area contributed by atoms with Gasteiger partial charge in [-0.2, -0.15) is 0 Å². The molecule has 2 amide bonds. The van der Waals surface area contributed by atoms with E-state index in [0.717, 1.165) is 0 Å². The summed E-state index contributed by atoms with van der Waals surface area (Å²) in [6, 6.07) is 3.24. The Morgan fingerprint density at radius 3 is 2.74 bits per heavy atom. The predicted octanol–water partition coefficient (Wildman–Crippen LogP) is 0.591. The fraction of sp³-hybridized carbons (Fsp3) is 0.286. The fourth-order valence-electron chi connectivity index (χ4n) is 2.76. The van der Waals surface area contributed by atoms with Crippen LogP contribution in [0.25, 0.3) is 10.9 Å². The number of carbonyl (C=O) groups is 2. The Balaban J connectivity index is 2.24. The number of hydrogen-bond acceptors (Lipinski definition) is 6. The minimum absolute atomic E-state index is 0.0106. The molecule has 0 saturated carbocycles. The first kappa shape index (κ1) is 14.8. The van der Waals surface area contributed by atoms with E-state index in [1.807, 2.05) is 0 Å². The van der Waals surface area contributed by atoms with Gasteiger partial charge in [-0.3, -0.25) is 34.4 Å². The molecule has 0 radical (unpaired) electrons. The van der Waals surface area contributed by atoms with E-state index >= 15 is 0 Å². The van der Waals surface area contributed by atoms with Crippen LogP contribution in [0.15, 0.2) is 23.0 Å². The van der Waals surface area contributed by atoms with Gasteiger partial charge in [-0.1, -0.05) is 6.07 Å². The largest absolute Gasteiger partial charge is 0.295 e. The van der Waals surface area contributed by atoms with E-state index in [9.17, 15) is 24.5 Å². The standard InChI is InChI=1S/C14H12N4O5/c1-7-15-12-8(3-2-4-9(12)18(22)23)14(21)17(7)10-5-6-11(19)16-13(10)20/h2-4,10H,5-6H2,1H3,(H,16,19,20). The molecule has 1 aliphatic heterocycles. The molecule has 2 aromatic rings. The number of hydrogen-bond donors (Lipinski definition) is 1. The molecule has 1 aliphatic rings. The van der Waals surface area contributed by atoms with Crippen molar-refractivity contribution in [3.8, 4) is 0 Å². The molecule has 0 aliphatic carbocycles. The van der Waals surface area contributed by atoms with Crippen LogP contribution >= 0.6 is 0 Å². The molecule has 1 unspecified atom stereocenters. The number of nitro benzene ring substituents is 1. The number of rotatable bonds is 2. The zero-order valence-corrected chi connectivity index (χ0v) is 12.1. The molecular weight excluding hydrogens is 304 g/mol. The SMILES string of the molecule is Cc1nc2c([N+](=O)[O-])cccc2c(=O)n1C1CCC(=O)NC1=O. The van der Waals surface area contributed by atoms with Crippen LogP contribution in [0.5, 0.6) is 0 Å². The summed E-state index contributed by atoms with van der Waals surface area (Å²) >= 11 is 0. The molecule has 118 valence electrons. The molecule has 1 saturated heterocycles. The van der Waals surface area contributed by atoms with Crippen molar-refractivity contribution in [2.24, 2.45) is 0 Å². The lowest BCUT2D eigenvalue weighted by molar-refractivity contribution is -0.383. The van der Waals surface area contributed by atoms with Crippen LogP contribution < -0.4 is 10.9 Å². The molecule has 23 heavy (non-hydrogen) atoms. The molecule has 2 heterocycles. The smallest absolute Gasteiger partial charge is 0.295 e. The topological polar surface area (TPSA) is 124 Å². The van der Waals surface area contributed by atoms with Crippen molar-refractivity contribution in [3.63, 3.8) is 0 Å². The van der Waals surface area contributed by atoms with E-state index in [1.165, 1.54) is 29.7 Å². The minimum Gasteiger partial charge on any atom is -0.295 e. The van der Waals surface area contributed by atoms with Gasteiger partial charge >= 0.3 is 0 Å². The highest BCUT2D eigenvalue weighted by molar-refractivity contribution is 5.99. The van der Waals surface area contributed by atoms with Crippen LogP contribution in [0.3, 0.4) is 0 Å². The van der Waals surface area contributed by atoms with E-state index in [-0.39, 0.29) is 41.2 Å². The molecule has 1 atom stereocenters. The van der Waals surface area contributed by atoms with Crippen LogP contribution in [0.4, 0.5) is 5.69 Å². The number of carbonyl (C=O) groups excluding carboxylic acids is 2. The summed E-state index contributed by atoms with van der Waals surface area (Å²) in [5, 5.41) is 13.3. The van der Waals surface area contributed by atoms with E-state index in [2.05, 4.69) is 10.3 Å². The van der Waals surface area contributed by atoms with E-state index in [0.29, 0.717) is 0 Å². The lowest BCUT2D eigenvalue weighted by Gasteiger charge is -2.24. The number of non-ortho nitro benzene ring substituents is 1. The normalized spacial score (nSPS) is 18.0. The molecule has 3 rings (SSSR count). The Hall–Kier alpha value is -3.10. The summed E-state index contributed by atoms with van der Waals surface area (Å²) in [6.45, 7) is 1.50. The summed E-state index contributed by atoms with van der Waals surface area (Å²) < 4.78 is 1.19. The molecule has 9 heteroatoms. The van der Waals surface area contributed by atoms with Crippen LogP contribution in [0.2, 0.25) is 0 Å². The first-order chi connectivity index (χ1) is 10.9. The van der Waals surface area contributed by atoms with E-state index in [4.69, 9.17) is 0 Å². The fourth-order valence-corrected chi connectivity index (χ4v) is 2.76. The number of piperidine rings is 1. The number of imide groups is 1. The highest BCUT2D eigenvalue weighted by Crippen LogP contribution is 2.24. The molecule has 1 aromatic heterocycles. The number of nitro groups is 1. The van der Waals surface area contributed by atoms with Crippen LogP contribution in [-0.4, -0.2) is 26.3 Å². The number of fused-ring (bicyclic) bond motifs is 1. The molecule has 0 bridgehead atoms. The highest BCUT2D eigenvalue weighted by atomic mass is 16.6. The number of amides is 2. The number of para-hydroxylation sites is 1. The van der Waals surface area contributed by atoms with Crippen molar-refractivity contribution in [2.45, 2.75) is 25.8 Å². The Labute approximate surface area is 129 Å². The lowest BCUT2D eigenvalue weighted by atomic mass is 10.1. The number of nitrogens with one attached hydrogen (secondary N) is 1. The lowest BCUT2D eigenvalue weighted by Crippen LogP contribution is -2.45. The van der Waals surface area contributed by atoms with Crippen molar-refractivity contribution < 1.29 is 14.5 Å². The van der Waals surface area contributed by atoms with Gasteiger partial charge in [0.2, 0.25) is 11.8 Å². The summed E-state index contributed by atoms with van der Waals surface area (Å²) in [5.41, 5.74) is -0.813. The van der Waals surface area contributed by atoms with Crippen molar-refractivity contribution in [1.29, 1.82) is 0 Å². The van der Waals surface area contributed by atoms with Crippen LogP contribution in [0, 0.1) is 17.0 Å². The third-order valence-corrected chi connectivity index (χ3v) is 3.80. The minimum atomic E-state index is -0.851. The molecule has 1 aromatic carbocycles. The summed E-state index contributed by atoms with van der Waals surface area (Å²) in [7, 11) is 0. The average molecular weight is 316 g/mol. The van der Waals surface area contributed by atoms with Crippen molar-refractivity contribution in [3.05, 3.63) is 44.5 Å². The molecular formula is C14H12N4O5. The van der Waals surface area contributed by atoms with Crippen molar-refractivity contribution in [1.82, 2.24) is 14.9 Å².